The SMILES string of the molecule is CCn1ncc(Cl)c1C(NN)c1cscc1C. The molecule has 0 radical (unpaired) electrons. The molecular formula is C11H15ClN4S. The van der Waals surface area contributed by atoms with Gasteiger partial charge in [0.15, 0.2) is 0 Å². The second-order valence-electron chi connectivity index (χ2n) is 3.80. The molecule has 0 aromatic carbocycles. The number of nitrogens with one attached hydrogen (secondary N) is 1. The fourth-order valence-corrected chi connectivity index (χ4v) is 3.02. The molecule has 0 saturated carbocycles. The number of nitrogens with zero attached hydrogens (tertiary/aromatic N) is 2. The Kier molecular flexibility index (Phi) is 3.83. The number of hydrogen-bond donors (Lipinski definition) is 2. The van der Waals surface area contributed by atoms with Gasteiger partial charge in [-0.1, -0.05) is 11.6 Å². The Morgan fingerprint density at radius 2 is 2.35 bits per heavy atom. The Bertz CT molecular complexity index is 505. The lowest BCUT2D eigenvalue weighted by molar-refractivity contribution is 0.543. The fraction of sp³-hybridized carbons (Fsp3) is 0.364. The number of hydrogen-bond acceptors (Lipinski definition) is 4. The van der Waals surface area contributed by atoms with Crippen molar-refractivity contribution in [1.29, 1.82) is 0 Å². The highest BCUT2D eigenvalue weighted by atomic mass is 35.5. The summed E-state index contributed by atoms with van der Waals surface area (Å²) in [5, 5.41) is 9.06. The highest BCUT2D eigenvalue weighted by Gasteiger charge is 2.22. The first-order valence-corrected chi connectivity index (χ1v) is 6.71. The van der Waals surface area contributed by atoms with E-state index in [1.54, 1.807) is 17.5 Å². The molecule has 1 unspecified atom stereocenters. The number of hydrazine groups is 1. The van der Waals surface area contributed by atoms with Crippen LogP contribution in [-0.4, -0.2) is 9.78 Å². The molecule has 0 aliphatic rings. The Labute approximate surface area is 109 Å². The molecule has 0 aliphatic heterocycles. The molecule has 0 spiro atoms. The Balaban J connectivity index is 2.49. The van der Waals surface area contributed by atoms with Gasteiger partial charge in [-0.15, -0.1) is 0 Å². The maximum absolute atomic E-state index is 6.19. The summed E-state index contributed by atoms with van der Waals surface area (Å²) < 4.78 is 1.87. The van der Waals surface area contributed by atoms with E-state index in [0.717, 1.165) is 17.8 Å². The quantitative estimate of drug-likeness (QED) is 0.663. The lowest BCUT2D eigenvalue weighted by Gasteiger charge is -2.18. The fourth-order valence-electron chi connectivity index (χ4n) is 1.89. The van der Waals surface area contributed by atoms with Gasteiger partial charge in [0.1, 0.15) is 0 Å². The molecular weight excluding hydrogens is 256 g/mol. The third-order valence-electron chi connectivity index (χ3n) is 2.78. The van der Waals surface area contributed by atoms with Crippen molar-refractivity contribution in [2.24, 2.45) is 5.84 Å². The van der Waals surface area contributed by atoms with Gasteiger partial charge in [-0.2, -0.15) is 16.4 Å². The van der Waals surface area contributed by atoms with Gasteiger partial charge in [0, 0.05) is 6.54 Å². The van der Waals surface area contributed by atoms with Crippen molar-refractivity contribution in [1.82, 2.24) is 15.2 Å². The molecule has 2 heterocycles. The summed E-state index contributed by atoms with van der Waals surface area (Å²) in [6.07, 6.45) is 1.66. The van der Waals surface area contributed by atoms with Crippen LogP contribution in [0.2, 0.25) is 5.02 Å². The highest BCUT2D eigenvalue weighted by Crippen LogP contribution is 2.31. The number of nitrogens with two attached hydrogens (primary N) is 1. The van der Waals surface area contributed by atoms with Crippen molar-refractivity contribution in [2.75, 3.05) is 0 Å². The van der Waals surface area contributed by atoms with E-state index in [2.05, 4.69) is 28.2 Å². The Hall–Kier alpha value is -0.880. The van der Waals surface area contributed by atoms with Crippen LogP contribution >= 0.6 is 22.9 Å². The maximum atomic E-state index is 6.19. The van der Waals surface area contributed by atoms with Crippen LogP contribution in [0, 0.1) is 6.92 Å². The van der Waals surface area contributed by atoms with Crippen LogP contribution < -0.4 is 11.3 Å². The molecule has 2 aromatic heterocycles. The van der Waals surface area contributed by atoms with Crippen LogP contribution in [0.4, 0.5) is 0 Å². The number of aromatic nitrogens is 2. The van der Waals surface area contributed by atoms with Crippen molar-refractivity contribution in [3.05, 3.63) is 38.8 Å². The molecule has 4 nitrogen and oxygen atoms in total. The molecule has 0 bridgehead atoms. The van der Waals surface area contributed by atoms with Gasteiger partial charge in [0.25, 0.3) is 0 Å². The number of thiophene rings is 1. The van der Waals surface area contributed by atoms with E-state index in [1.165, 1.54) is 5.56 Å². The van der Waals surface area contributed by atoms with Crippen molar-refractivity contribution in [2.45, 2.75) is 26.4 Å². The molecule has 2 rings (SSSR count). The van der Waals surface area contributed by atoms with E-state index < -0.39 is 0 Å². The Morgan fingerprint density at radius 3 is 2.88 bits per heavy atom. The first kappa shape index (κ1) is 12.6. The van der Waals surface area contributed by atoms with Crippen LogP contribution in [0.5, 0.6) is 0 Å². The van der Waals surface area contributed by atoms with Gasteiger partial charge in [0.05, 0.1) is 23.0 Å². The second kappa shape index (κ2) is 5.18. The molecule has 0 amide bonds. The van der Waals surface area contributed by atoms with Crippen molar-refractivity contribution in [3.8, 4) is 0 Å². The van der Waals surface area contributed by atoms with E-state index >= 15 is 0 Å². The molecule has 3 N–H and O–H groups in total. The minimum absolute atomic E-state index is 0.115. The third kappa shape index (κ3) is 2.24. The van der Waals surface area contributed by atoms with E-state index in [4.69, 9.17) is 17.4 Å². The average molecular weight is 271 g/mol. The zero-order valence-corrected chi connectivity index (χ0v) is 11.3. The molecule has 6 heteroatoms. The van der Waals surface area contributed by atoms with Crippen LogP contribution in [0.3, 0.4) is 0 Å². The van der Waals surface area contributed by atoms with Gasteiger partial charge in [-0.3, -0.25) is 10.5 Å². The minimum Gasteiger partial charge on any atom is -0.271 e. The molecule has 1 atom stereocenters. The molecule has 0 aliphatic carbocycles. The largest absolute Gasteiger partial charge is 0.271 e. The van der Waals surface area contributed by atoms with Crippen LogP contribution in [0.15, 0.2) is 17.0 Å². The molecule has 2 aromatic rings. The standard InChI is InChI=1S/C11H15ClN4S/c1-3-16-11(9(12)4-14-16)10(15-13)8-6-17-5-7(8)2/h4-6,10,15H,3,13H2,1-2H3. The summed E-state index contributed by atoms with van der Waals surface area (Å²) >= 11 is 7.85. The molecule has 0 saturated heterocycles. The summed E-state index contributed by atoms with van der Waals surface area (Å²) in [5.41, 5.74) is 6.09. The van der Waals surface area contributed by atoms with Gasteiger partial charge in [-0.05, 0) is 35.7 Å². The average Bonchev–Trinajstić information content (AvgIpc) is 2.89. The zero-order valence-electron chi connectivity index (χ0n) is 9.77. The van der Waals surface area contributed by atoms with E-state index in [1.807, 2.05) is 11.6 Å². The Morgan fingerprint density at radius 1 is 1.59 bits per heavy atom. The van der Waals surface area contributed by atoms with Crippen LogP contribution in [-0.2, 0) is 6.54 Å². The van der Waals surface area contributed by atoms with Gasteiger partial charge < -0.3 is 0 Å². The smallest absolute Gasteiger partial charge is 0.0904 e. The first-order chi connectivity index (χ1) is 8.19. The lowest BCUT2D eigenvalue weighted by Crippen LogP contribution is -2.31. The van der Waals surface area contributed by atoms with Crippen LogP contribution in [0.25, 0.3) is 0 Å². The topological polar surface area (TPSA) is 55.9 Å². The number of aryl methyl sites for hydroxylation is 2. The monoisotopic (exact) mass is 270 g/mol. The molecule has 92 valence electrons. The summed E-state index contributed by atoms with van der Waals surface area (Å²) in [6.45, 7) is 4.86. The predicted molar refractivity (Wildman–Crippen MR) is 71.1 cm³/mol. The van der Waals surface area contributed by atoms with E-state index in [9.17, 15) is 0 Å². The number of halogens is 1. The minimum atomic E-state index is -0.115. The van der Waals surface area contributed by atoms with Gasteiger partial charge in [-0.25, -0.2) is 5.43 Å². The van der Waals surface area contributed by atoms with Crippen molar-refractivity contribution < 1.29 is 0 Å². The summed E-state index contributed by atoms with van der Waals surface area (Å²) in [4.78, 5) is 0. The van der Waals surface area contributed by atoms with Gasteiger partial charge in [0.2, 0.25) is 0 Å². The zero-order chi connectivity index (χ0) is 12.4. The second-order valence-corrected chi connectivity index (χ2v) is 4.95. The van der Waals surface area contributed by atoms with E-state index in [-0.39, 0.29) is 6.04 Å². The highest BCUT2D eigenvalue weighted by molar-refractivity contribution is 7.08. The van der Waals surface area contributed by atoms with Crippen molar-refractivity contribution >= 4 is 22.9 Å². The molecule has 0 fully saturated rings. The maximum Gasteiger partial charge on any atom is 0.0904 e. The van der Waals surface area contributed by atoms with Gasteiger partial charge >= 0.3 is 0 Å². The first-order valence-electron chi connectivity index (χ1n) is 5.39. The van der Waals surface area contributed by atoms with E-state index in [0.29, 0.717) is 5.02 Å². The third-order valence-corrected chi connectivity index (χ3v) is 3.95. The number of rotatable bonds is 4. The lowest BCUT2D eigenvalue weighted by atomic mass is 10.0. The summed E-state index contributed by atoms with van der Waals surface area (Å²) in [7, 11) is 0. The summed E-state index contributed by atoms with van der Waals surface area (Å²) in [5.74, 6) is 5.67. The van der Waals surface area contributed by atoms with Crippen molar-refractivity contribution in [3.63, 3.8) is 0 Å². The van der Waals surface area contributed by atoms with Crippen LogP contribution in [0.1, 0.15) is 29.8 Å². The molecule has 17 heavy (non-hydrogen) atoms. The summed E-state index contributed by atoms with van der Waals surface area (Å²) in [6, 6.07) is -0.115. The predicted octanol–water partition coefficient (Wildman–Crippen LogP) is 2.48. The normalized spacial score (nSPS) is 12.9.